The highest BCUT2D eigenvalue weighted by molar-refractivity contribution is 8.33. The van der Waals surface area contributed by atoms with Crippen LogP contribution < -0.4 is 0 Å². The highest BCUT2D eigenvalue weighted by atomic mass is 32.3. The van der Waals surface area contributed by atoms with Crippen LogP contribution in [0.2, 0.25) is 0 Å². The molecule has 0 unspecified atom stereocenters. The van der Waals surface area contributed by atoms with E-state index in [2.05, 4.69) is 0 Å². The second-order valence-corrected chi connectivity index (χ2v) is 13.7. The Bertz CT molecular complexity index is 1200. The number of ether oxygens (including phenoxy) is 1. The minimum absolute atomic E-state index is 0.0501. The van der Waals surface area contributed by atoms with E-state index in [0.29, 0.717) is 40.4 Å². The number of aliphatic hydroxyl groups is 1. The second kappa shape index (κ2) is 11.9. The summed E-state index contributed by atoms with van der Waals surface area (Å²) in [6.07, 6.45) is 2.56. The topological polar surface area (TPSA) is 89.9 Å². The van der Waals surface area contributed by atoms with Crippen molar-refractivity contribution >= 4 is 26.4 Å². The summed E-state index contributed by atoms with van der Waals surface area (Å²) in [5, 5.41) is 4.33. The summed E-state index contributed by atoms with van der Waals surface area (Å²) in [6.45, 7) is -0.273. The number of esters is 1. The highest BCUT2D eigenvalue weighted by Gasteiger charge is 2.59. The SMILES string of the molecule is O=C(OCC1CCC(CO)CC1)C(F)(F)S(=O)(=O)OS(c1ccccc1)(c1ccccc1)c1ccccc1. The van der Waals surface area contributed by atoms with Crippen LogP contribution in [0, 0.1) is 11.8 Å². The normalized spacial score (nSPS) is 19.0. The lowest BCUT2D eigenvalue weighted by atomic mass is 9.83. The number of rotatable bonds is 10. The third-order valence-corrected chi connectivity index (χ3v) is 11.8. The van der Waals surface area contributed by atoms with Gasteiger partial charge in [0.25, 0.3) is 0 Å². The van der Waals surface area contributed by atoms with Gasteiger partial charge in [-0.25, -0.2) is 8.42 Å². The molecule has 1 aliphatic rings. The molecular weight excluding hydrogens is 534 g/mol. The van der Waals surface area contributed by atoms with E-state index in [0.717, 1.165) is 0 Å². The molecule has 1 N–H and O–H groups in total. The molecule has 0 heterocycles. The van der Waals surface area contributed by atoms with Gasteiger partial charge < -0.3 is 9.84 Å². The smallest absolute Gasteiger partial charge is 0.460 e. The number of carbonyl (C=O) groups excluding carboxylic acids is 1. The fraction of sp³-hybridized carbons (Fsp3) is 0.321. The Morgan fingerprint density at radius 2 is 1.16 bits per heavy atom. The number of alkyl halides is 2. The Morgan fingerprint density at radius 3 is 1.55 bits per heavy atom. The molecule has 6 nitrogen and oxygen atoms in total. The van der Waals surface area contributed by atoms with Gasteiger partial charge >= 0.3 is 21.3 Å². The highest BCUT2D eigenvalue weighted by Crippen LogP contribution is 2.70. The molecule has 204 valence electrons. The minimum Gasteiger partial charge on any atom is -0.460 e. The van der Waals surface area contributed by atoms with E-state index in [9.17, 15) is 18.3 Å². The predicted molar refractivity (Wildman–Crippen MR) is 140 cm³/mol. The molecule has 0 amide bonds. The van der Waals surface area contributed by atoms with Gasteiger partial charge in [0.05, 0.1) is 6.61 Å². The maximum Gasteiger partial charge on any atom is 0.466 e. The molecule has 1 aliphatic carbocycles. The monoisotopic (exact) mass is 564 g/mol. The zero-order chi connectivity index (χ0) is 27.2. The zero-order valence-corrected chi connectivity index (χ0v) is 22.3. The molecule has 1 saturated carbocycles. The van der Waals surface area contributed by atoms with Crippen LogP contribution in [0.3, 0.4) is 0 Å². The fourth-order valence-electron chi connectivity index (χ4n) is 4.50. The summed E-state index contributed by atoms with van der Waals surface area (Å²) in [5.74, 6) is -2.20. The van der Waals surface area contributed by atoms with Crippen LogP contribution in [0.15, 0.2) is 106 Å². The van der Waals surface area contributed by atoms with Crippen LogP contribution in [0.1, 0.15) is 25.7 Å². The van der Waals surface area contributed by atoms with Crippen molar-refractivity contribution < 1.29 is 35.5 Å². The molecule has 1 fully saturated rings. The van der Waals surface area contributed by atoms with Crippen molar-refractivity contribution in [1.82, 2.24) is 0 Å². The molecule has 0 aromatic heterocycles. The molecular formula is C28H30F2O6S2. The van der Waals surface area contributed by atoms with Crippen molar-refractivity contribution in [3.05, 3.63) is 91.0 Å². The average molecular weight is 565 g/mol. The summed E-state index contributed by atoms with van der Waals surface area (Å²) >= 11 is 0. The average Bonchev–Trinajstić information content (AvgIpc) is 2.96. The van der Waals surface area contributed by atoms with Gasteiger partial charge in [-0.2, -0.15) is 17.2 Å². The van der Waals surface area contributed by atoms with E-state index in [1.54, 1.807) is 91.0 Å². The van der Waals surface area contributed by atoms with Gasteiger partial charge in [-0.3, -0.25) is 0 Å². The Balaban J connectivity index is 1.68. The van der Waals surface area contributed by atoms with E-state index in [1.807, 2.05) is 0 Å². The number of carbonyl (C=O) groups is 1. The molecule has 0 radical (unpaired) electrons. The van der Waals surface area contributed by atoms with Crippen molar-refractivity contribution in [3.8, 4) is 0 Å². The first-order valence-corrected chi connectivity index (χ1v) is 15.3. The number of hydrogen-bond acceptors (Lipinski definition) is 6. The third kappa shape index (κ3) is 5.78. The van der Waals surface area contributed by atoms with Crippen LogP contribution in [-0.2, 0) is 23.3 Å². The first-order valence-electron chi connectivity index (χ1n) is 12.3. The third-order valence-electron chi connectivity index (χ3n) is 6.64. The first-order chi connectivity index (χ1) is 18.2. The minimum atomic E-state index is -5.83. The van der Waals surface area contributed by atoms with Crippen molar-refractivity contribution in [2.45, 2.75) is 45.6 Å². The molecule has 0 aliphatic heterocycles. The summed E-state index contributed by atoms with van der Waals surface area (Å²) in [6, 6.07) is 24.8. The summed E-state index contributed by atoms with van der Waals surface area (Å²) in [4.78, 5) is 13.6. The number of benzene rings is 3. The van der Waals surface area contributed by atoms with Crippen LogP contribution in [0.25, 0.3) is 0 Å². The maximum atomic E-state index is 15.3. The van der Waals surface area contributed by atoms with Crippen molar-refractivity contribution in [3.63, 3.8) is 0 Å². The summed E-state index contributed by atoms with van der Waals surface area (Å²) < 4.78 is 67.6. The van der Waals surface area contributed by atoms with Gasteiger partial charge in [-0.15, -0.1) is 0 Å². The Hall–Kier alpha value is -2.79. The standard InChI is InChI=1S/C28H30F2O6S2/c29-28(30,27(32)35-21-23-18-16-22(20-31)17-19-23)38(33,34)36-37(24-10-4-1-5-11-24,25-12-6-2-7-13-25)26-14-8-3-9-15-26/h1-15,22-23,31H,16-21H2. The molecule has 0 saturated heterocycles. The molecule has 3 aromatic carbocycles. The zero-order valence-electron chi connectivity index (χ0n) is 20.6. The molecule has 10 heteroatoms. The number of aliphatic hydroxyl groups excluding tert-OH is 1. The molecule has 0 spiro atoms. The Morgan fingerprint density at radius 1 is 0.763 bits per heavy atom. The van der Waals surface area contributed by atoms with Gasteiger partial charge in [0, 0.05) is 21.3 Å². The van der Waals surface area contributed by atoms with E-state index < -0.39 is 31.7 Å². The maximum absolute atomic E-state index is 15.3. The molecule has 0 atom stereocenters. The van der Waals surface area contributed by atoms with Crippen LogP contribution in [0.5, 0.6) is 0 Å². The largest absolute Gasteiger partial charge is 0.466 e. The van der Waals surface area contributed by atoms with E-state index >= 15 is 8.78 Å². The lowest BCUT2D eigenvalue weighted by molar-refractivity contribution is -0.163. The second-order valence-electron chi connectivity index (χ2n) is 9.20. The van der Waals surface area contributed by atoms with Crippen molar-refractivity contribution in [1.29, 1.82) is 0 Å². The summed E-state index contributed by atoms with van der Waals surface area (Å²) in [5.41, 5.74) is 0. The molecule has 3 aromatic rings. The van der Waals surface area contributed by atoms with Gasteiger partial charge in [-0.05, 0) is 84.2 Å². The van der Waals surface area contributed by atoms with E-state index in [4.69, 9.17) is 8.37 Å². The summed E-state index contributed by atoms with van der Waals surface area (Å²) in [7, 11) is -9.08. The van der Waals surface area contributed by atoms with Crippen LogP contribution >= 0.6 is 10.3 Å². The van der Waals surface area contributed by atoms with E-state index in [-0.39, 0.29) is 25.0 Å². The molecule has 4 rings (SSSR count). The quantitative estimate of drug-likeness (QED) is 0.297. The van der Waals surface area contributed by atoms with Crippen molar-refractivity contribution in [2.24, 2.45) is 11.8 Å². The number of hydrogen-bond donors (Lipinski definition) is 1. The van der Waals surface area contributed by atoms with Crippen LogP contribution in [0.4, 0.5) is 8.78 Å². The van der Waals surface area contributed by atoms with Gasteiger partial charge in [-0.1, -0.05) is 54.6 Å². The van der Waals surface area contributed by atoms with Crippen LogP contribution in [-0.4, -0.2) is 38.0 Å². The van der Waals surface area contributed by atoms with E-state index in [1.165, 1.54) is 0 Å². The fourth-order valence-corrected chi connectivity index (χ4v) is 9.56. The van der Waals surface area contributed by atoms with Crippen molar-refractivity contribution in [2.75, 3.05) is 13.2 Å². The first kappa shape index (κ1) is 28.2. The molecule has 38 heavy (non-hydrogen) atoms. The van der Waals surface area contributed by atoms with Gasteiger partial charge in [0.15, 0.2) is 0 Å². The Labute approximate surface area is 223 Å². The predicted octanol–water partition coefficient (Wildman–Crippen LogP) is 6.16. The van der Waals surface area contributed by atoms with Gasteiger partial charge in [0.2, 0.25) is 0 Å². The lowest BCUT2D eigenvalue weighted by Crippen LogP contribution is -2.41. The number of halogens is 2. The lowest BCUT2D eigenvalue weighted by Gasteiger charge is -2.39. The Kier molecular flexibility index (Phi) is 8.87. The van der Waals surface area contributed by atoms with Gasteiger partial charge in [0.1, 0.15) is 0 Å². The molecule has 0 bridgehead atoms.